The summed E-state index contributed by atoms with van der Waals surface area (Å²) in [7, 11) is -4.58. The molecule has 0 saturated heterocycles. The van der Waals surface area contributed by atoms with Gasteiger partial charge < -0.3 is 4.52 Å². The van der Waals surface area contributed by atoms with E-state index in [1.807, 2.05) is 0 Å². The quantitative estimate of drug-likeness (QED) is 0.333. The molecule has 82 valence electrons. The van der Waals surface area contributed by atoms with E-state index in [4.69, 9.17) is 33.0 Å². The topological polar surface area (TPSA) is 66.8 Å². The van der Waals surface area contributed by atoms with Crippen molar-refractivity contribution in [2.45, 2.75) is 19.3 Å². The Hall–Kier alpha value is 0.01000. The number of hydrogen-bond donors (Lipinski definition) is 2. The highest BCUT2D eigenvalue weighted by Crippen LogP contribution is 2.41. The summed E-state index contributed by atoms with van der Waals surface area (Å²) in [4.78, 5) is 17.0. The molecule has 0 aromatic rings. The van der Waals surface area contributed by atoms with Crippen LogP contribution in [0.25, 0.3) is 0 Å². The first-order valence-corrected chi connectivity index (χ1v) is 6.05. The zero-order chi connectivity index (χ0) is 11.2. The Bertz CT molecular complexity index is 267. The molecule has 0 saturated carbocycles. The van der Waals surface area contributed by atoms with E-state index in [0.29, 0.717) is 12.8 Å². The lowest BCUT2D eigenvalue weighted by Crippen LogP contribution is -1.91. The normalized spacial score (nSPS) is 10.9. The highest BCUT2D eigenvalue weighted by atomic mass is 35.5. The lowest BCUT2D eigenvalue weighted by atomic mass is 10.2. The van der Waals surface area contributed by atoms with Crippen molar-refractivity contribution >= 4 is 31.0 Å². The average Bonchev–Trinajstić information content (AvgIpc) is 2.00. The first-order valence-electron chi connectivity index (χ1n) is 3.77. The van der Waals surface area contributed by atoms with Crippen molar-refractivity contribution in [1.29, 1.82) is 0 Å². The maximum atomic E-state index is 10.5. The van der Waals surface area contributed by atoms with Crippen LogP contribution in [0, 0.1) is 0 Å². The standard InChI is InChI=1S/C7H11Cl2O4P/c1-2-3-4-5-6(7(8)9)13-14(10,11)12/h2H,1,3-5H2,(H2,10,11,12). The van der Waals surface area contributed by atoms with E-state index in [0.717, 1.165) is 0 Å². The summed E-state index contributed by atoms with van der Waals surface area (Å²) < 4.78 is 14.5. The molecule has 2 N–H and O–H groups in total. The fourth-order valence-electron chi connectivity index (χ4n) is 0.725. The van der Waals surface area contributed by atoms with E-state index in [1.54, 1.807) is 6.08 Å². The zero-order valence-corrected chi connectivity index (χ0v) is 9.73. The monoisotopic (exact) mass is 260 g/mol. The van der Waals surface area contributed by atoms with Crippen molar-refractivity contribution in [2.24, 2.45) is 0 Å². The highest BCUT2D eigenvalue weighted by molar-refractivity contribution is 7.46. The van der Waals surface area contributed by atoms with Gasteiger partial charge in [-0.1, -0.05) is 29.3 Å². The molecule has 0 heterocycles. The maximum absolute atomic E-state index is 10.5. The number of halogens is 2. The van der Waals surface area contributed by atoms with E-state index in [-0.39, 0.29) is 16.7 Å². The van der Waals surface area contributed by atoms with Crippen molar-refractivity contribution in [3.05, 3.63) is 22.9 Å². The van der Waals surface area contributed by atoms with Crippen LogP contribution in [0.2, 0.25) is 0 Å². The average molecular weight is 261 g/mol. The van der Waals surface area contributed by atoms with Gasteiger partial charge in [0.15, 0.2) is 0 Å². The van der Waals surface area contributed by atoms with Gasteiger partial charge in [0.25, 0.3) is 0 Å². The van der Waals surface area contributed by atoms with Crippen LogP contribution in [0.5, 0.6) is 0 Å². The Morgan fingerprint density at radius 2 is 2.07 bits per heavy atom. The number of rotatable bonds is 6. The van der Waals surface area contributed by atoms with Crippen molar-refractivity contribution < 1.29 is 18.9 Å². The van der Waals surface area contributed by atoms with Gasteiger partial charge in [0.2, 0.25) is 0 Å². The number of unbranched alkanes of at least 4 members (excludes halogenated alkanes) is 1. The zero-order valence-electron chi connectivity index (χ0n) is 7.32. The van der Waals surface area contributed by atoms with Gasteiger partial charge in [0.05, 0.1) is 0 Å². The lowest BCUT2D eigenvalue weighted by Gasteiger charge is -2.10. The molecular formula is C7H11Cl2O4P. The summed E-state index contributed by atoms with van der Waals surface area (Å²) in [6.07, 6.45) is 3.24. The molecule has 0 rings (SSSR count). The van der Waals surface area contributed by atoms with E-state index >= 15 is 0 Å². The van der Waals surface area contributed by atoms with Gasteiger partial charge in [0, 0.05) is 6.42 Å². The van der Waals surface area contributed by atoms with Crippen LogP contribution in [0.4, 0.5) is 0 Å². The number of allylic oxidation sites excluding steroid dienone is 2. The summed E-state index contributed by atoms with van der Waals surface area (Å²) >= 11 is 10.8. The Labute approximate surface area is 92.4 Å². The third kappa shape index (κ3) is 7.42. The third-order valence-corrected chi connectivity index (χ3v) is 2.13. The summed E-state index contributed by atoms with van der Waals surface area (Å²) in [6.45, 7) is 3.50. The molecule has 14 heavy (non-hydrogen) atoms. The number of hydrogen-bond acceptors (Lipinski definition) is 2. The summed E-state index contributed by atoms with van der Waals surface area (Å²) in [5.41, 5.74) is 0. The van der Waals surface area contributed by atoms with E-state index in [9.17, 15) is 4.57 Å². The van der Waals surface area contributed by atoms with Gasteiger partial charge in [-0.25, -0.2) is 4.57 Å². The van der Waals surface area contributed by atoms with E-state index < -0.39 is 7.82 Å². The predicted octanol–water partition coefficient (Wildman–Crippen LogP) is 3.10. The van der Waals surface area contributed by atoms with Crippen LogP contribution in [-0.4, -0.2) is 9.79 Å². The Balaban J connectivity index is 4.27. The van der Waals surface area contributed by atoms with Crippen molar-refractivity contribution in [2.75, 3.05) is 0 Å². The number of phosphoric acid groups is 1. The predicted molar refractivity (Wildman–Crippen MR) is 55.9 cm³/mol. The van der Waals surface area contributed by atoms with Crippen molar-refractivity contribution in [3.8, 4) is 0 Å². The minimum Gasteiger partial charge on any atom is -0.406 e. The maximum Gasteiger partial charge on any atom is 0.524 e. The van der Waals surface area contributed by atoms with Crippen molar-refractivity contribution in [1.82, 2.24) is 0 Å². The molecule has 0 amide bonds. The van der Waals surface area contributed by atoms with Gasteiger partial charge in [-0.2, -0.15) is 0 Å². The minimum atomic E-state index is -4.58. The van der Waals surface area contributed by atoms with Crippen LogP contribution in [0.3, 0.4) is 0 Å². The second-order valence-electron chi connectivity index (χ2n) is 2.45. The molecular weight excluding hydrogens is 250 g/mol. The highest BCUT2D eigenvalue weighted by Gasteiger charge is 2.19. The largest absolute Gasteiger partial charge is 0.524 e. The van der Waals surface area contributed by atoms with Crippen LogP contribution in [-0.2, 0) is 9.09 Å². The molecule has 7 heteroatoms. The van der Waals surface area contributed by atoms with Gasteiger partial charge in [-0.3, -0.25) is 9.79 Å². The fourth-order valence-corrected chi connectivity index (χ4v) is 1.57. The Morgan fingerprint density at radius 1 is 1.50 bits per heavy atom. The summed E-state index contributed by atoms with van der Waals surface area (Å²) in [5.74, 6) is -0.0940. The van der Waals surface area contributed by atoms with E-state index in [1.165, 1.54) is 0 Å². The van der Waals surface area contributed by atoms with Crippen LogP contribution >= 0.6 is 31.0 Å². The molecule has 0 fully saturated rings. The van der Waals surface area contributed by atoms with Gasteiger partial charge in [-0.05, 0) is 12.8 Å². The van der Waals surface area contributed by atoms with Gasteiger partial charge in [-0.15, -0.1) is 6.58 Å². The third-order valence-electron chi connectivity index (χ3n) is 1.25. The fraction of sp³-hybridized carbons (Fsp3) is 0.429. The Kier molecular flexibility index (Phi) is 6.49. The molecule has 0 atom stereocenters. The van der Waals surface area contributed by atoms with Crippen LogP contribution < -0.4 is 0 Å². The summed E-state index contributed by atoms with van der Waals surface area (Å²) in [6, 6.07) is 0. The van der Waals surface area contributed by atoms with Gasteiger partial charge >= 0.3 is 7.82 Å². The Morgan fingerprint density at radius 3 is 2.43 bits per heavy atom. The molecule has 0 aliphatic rings. The van der Waals surface area contributed by atoms with E-state index in [2.05, 4.69) is 11.1 Å². The second kappa shape index (κ2) is 6.49. The SMILES string of the molecule is C=CCCCC(OP(=O)(O)O)=C(Cl)Cl. The van der Waals surface area contributed by atoms with Gasteiger partial charge in [0.1, 0.15) is 10.3 Å². The molecule has 0 aromatic heterocycles. The van der Waals surface area contributed by atoms with Crippen LogP contribution in [0.15, 0.2) is 22.9 Å². The minimum absolute atomic E-state index is 0.0940. The van der Waals surface area contributed by atoms with Crippen LogP contribution in [0.1, 0.15) is 19.3 Å². The summed E-state index contributed by atoms with van der Waals surface area (Å²) in [5, 5.41) is 0. The number of phosphoric ester groups is 1. The first kappa shape index (κ1) is 14.0. The van der Waals surface area contributed by atoms with Crippen molar-refractivity contribution in [3.63, 3.8) is 0 Å². The first-order chi connectivity index (χ1) is 6.37. The lowest BCUT2D eigenvalue weighted by molar-refractivity contribution is 0.236. The molecule has 0 radical (unpaired) electrons. The molecule has 4 nitrogen and oxygen atoms in total. The molecule has 0 unspecified atom stereocenters. The molecule has 0 bridgehead atoms. The smallest absolute Gasteiger partial charge is 0.406 e. The molecule has 0 aromatic carbocycles. The molecule has 0 aliphatic heterocycles. The second-order valence-corrected chi connectivity index (χ2v) is 4.56. The molecule has 0 spiro atoms. The molecule has 0 aliphatic carbocycles.